The molecule has 0 saturated carbocycles. The first-order chi connectivity index (χ1) is 15.0. The number of esters is 1. The van der Waals surface area contributed by atoms with Crippen LogP contribution in [-0.4, -0.2) is 46.6 Å². The third-order valence-corrected chi connectivity index (χ3v) is 7.52. The van der Waals surface area contributed by atoms with Gasteiger partial charge in [-0.05, 0) is 29.5 Å². The molecule has 1 aromatic carbocycles. The molecule has 2 amide bonds. The fourth-order valence-electron chi connectivity index (χ4n) is 3.64. The van der Waals surface area contributed by atoms with Crippen LogP contribution >= 0.6 is 23.1 Å². The Morgan fingerprint density at radius 2 is 2.00 bits per heavy atom. The molecule has 0 bridgehead atoms. The van der Waals surface area contributed by atoms with Crippen molar-refractivity contribution in [2.24, 2.45) is 0 Å². The van der Waals surface area contributed by atoms with E-state index in [0.29, 0.717) is 5.75 Å². The van der Waals surface area contributed by atoms with Gasteiger partial charge in [0, 0.05) is 17.7 Å². The molecule has 2 aromatic rings. The Morgan fingerprint density at radius 1 is 1.23 bits per heavy atom. The van der Waals surface area contributed by atoms with E-state index in [1.807, 2.05) is 47.8 Å². The number of carbonyl (C=O) groups excluding carboxylic acids is 3. The molecule has 0 aliphatic carbocycles. The van der Waals surface area contributed by atoms with E-state index in [1.165, 1.54) is 35.1 Å². The number of ether oxygens (including phenoxy) is 2. The molecular weight excluding hydrogens is 436 g/mol. The monoisotopic (exact) mass is 458 g/mol. The van der Waals surface area contributed by atoms with Gasteiger partial charge in [0.1, 0.15) is 17.7 Å². The highest BCUT2D eigenvalue weighted by atomic mass is 32.2. The minimum Gasteiger partial charge on any atom is -0.456 e. The van der Waals surface area contributed by atoms with E-state index in [4.69, 9.17) is 9.47 Å². The Balaban J connectivity index is 1.48. The van der Waals surface area contributed by atoms with Crippen molar-refractivity contribution in [1.82, 2.24) is 10.2 Å². The summed E-state index contributed by atoms with van der Waals surface area (Å²) in [4.78, 5) is 40.8. The number of nitrogens with zero attached hydrogens (tertiary/aromatic N) is 1. The zero-order valence-corrected chi connectivity index (χ0v) is 18.8. The van der Waals surface area contributed by atoms with Gasteiger partial charge in [0.15, 0.2) is 0 Å². The maximum atomic E-state index is 13.2. The lowest BCUT2D eigenvalue weighted by Crippen LogP contribution is -2.80. The van der Waals surface area contributed by atoms with Crippen molar-refractivity contribution in [1.29, 1.82) is 0 Å². The molecule has 0 spiro atoms. The molecule has 3 heterocycles. The normalized spacial score (nSPS) is 22.6. The fourth-order valence-corrected chi connectivity index (χ4v) is 5.73. The molecule has 2 aliphatic heterocycles. The van der Waals surface area contributed by atoms with Gasteiger partial charge in [0.2, 0.25) is 5.91 Å². The summed E-state index contributed by atoms with van der Waals surface area (Å²) in [5.41, 5.74) is 0.343. The number of thiophene rings is 1. The van der Waals surface area contributed by atoms with Crippen molar-refractivity contribution < 1.29 is 23.9 Å². The molecule has 1 saturated heterocycles. The molecule has 4 rings (SSSR count). The first-order valence-electron chi connectivity index (χ1n) is 9.71. The zero-order valence-electron chi connectivity index (χ0n) is 17.1. The number of methoxy groups -OCH3 is 1. The number of benzene rings is 1. The summed E-state index contributed by atoms with van der Waals surface area (Å²) in [5.74, 6) is -0.819. The summed E-state index contributed by atoms with van der Waals surface area (Å²) < 4.78 is 11.0. The fraction of sp³-hybridized carbons (Fsp3) is 0.318. The van der Waals surface area contributed by atoms with Crippen LogP contribution < -0.4 is 5.32 Å². The summed E-state index contributed by atoms with van der Waals surface area (Å²) >= 11 is 2.92. The van der Waals surface area contributed by atoms with Crippen LogP contribution in [0, 0.1) is 0 Å². The number of hydrogen-bond donors (Lipinski definition) is 1. The van der Waals surface area contributed by atoms with Gasteiger partial charge in [0.25, 0.3) is 11.6 Å². The van der Waals surface area contributed by atoms with Gasteiger partial charge in [0.05, 0.1) is 6.42 Å². The minimum absolute atomic E-state index is 0.114. The second-order valence-electron chi connectivity index (χ2n) is 7.27. The highest BCUT2D eigenvalue weighted by molar-refractivity contribution is 8.00. The highest BCUT2D eigenvalue weighted by Crippen LogP contribution is 2.46. The molecule has 1 aromatic heterocycles. The molecule has 2 atom stereocenters. The van der Waals surface area contributed by atoms with Gasteiger partial charge in [-0.15, -0.1) is 23.1 Å². The van der Waals surface area contributed by atoms with Crippen molar-refractivity contribution in [3.05, 3.63) is 69.6 Å². The molecule has 162 valence electrons. The van der Waals surface area contributed by atoms with Crippen LogP contribution in [0.2, 0.25) is 0 Å². The zero-order chi connectivity index (χ0) is 22.0. The number of carbonyl (C=O) groups is 3. The van der Waals surface area contributed by atoms with Gasteiger partial charge in [-0.2, -0.15) is 0 Å². The summed E-state index contributed by atoms with van der Waals surface area (Å²) in [5, 5.41) is 4.11. The van der Waals surface area contributed by atoms with Crippen molar-refractivity contribution in [2.45, 2.75) is 31.1 Å². The number of rotatable bonds is 7. The van der Waals surface area contributed by atoms with Crippen LogP contribution in [0.3, 0.4) is 0 Å². The lowest BCUT2D eigenvalue weighted by molar-refractivity contribution is -0.193. The number of thioether (sulfide) groups is 1. The Kier molecular flexibility index (Phi) is 6.17. The van der Waals surface area contributed by atoms with Crippen molar-refractivity contribution in [3.8, 4) is 0 Å². The molecule has 1 fully saturated rings. The van der Waals surface area contributed by atoms with Crippen molar-refractivity contribution >= 4 is 40.9 Å². The average molecular weight is 459 g/mol. The third-order valence-electron chi connectivity index (χ3n) is 5.19. The van der Waals surface area contributed by atoms with E-state index in [2.05, 4.69) is 5.32 Å². The van der Waals surface area contributed by atoms with Crippen LogP contribution in [0.1, 0.15) is 17.4 Å². The van der Waals surface area contributed by atoms with Crippen LogP contribution in [0.4, 0.5) is 0 Å². The van der Waals surface area contributed by atoms with Crippen LogP contribution in [0.5, 0.6) is 0 Å². The highest BCUT2D eigenvalue weighted by Gasteiger charge is 2.66. The van der Waals surface area contributed by atoms with Crippen molar-refractivity contribution in [2.75, 3.05) is 12.9 Å². The van der Waals surface area contributed by atoms with E-state index in [0.717, 1.165) is 16.0 Å². The maximum absolute atomic E-state index is 13.2. The Hall–Kier alpha value is -2.62. The van der Waals surface area contributed by atoms with E-state index in [9.17, 15) is 14.4 Å². The number of hydrogen-bond acceptors (Lipinski definition) is 7. The van der Waals surface area contributed by atoms with Crippen LogP contribution in [-0.2, 0) is 36.9 Å². The van der Waals surface area contributed by atoms with Crippen LogP contribution in [0.25, 0.3) is 0 Å². The topological polar surface area (TPSA) is 84.9 Å². The lowest BCUT2D eigenvalue weighted by Gasteiger charge is -2.55. The third kappa shape index (κ3) is 4.00. The molecule has 2 aliphatic rings. The Labute approximate surface area is 188 Å². The SMILES string of the molecule is COC1(NC(=O)Cc2cccs2)C(=O)N2C(C(=O)OCc3ccccc3)=C(C)CS[C@@H]21. The molecular formula is C22H22N2O5S2. The predicted molar refractivity (Wildman–Crippen MR) is 118 cm³/mol. The smallest absolute Gasteiger partial charge is 0.355 e. The predicted octanol–water partition coefficient (Wildman–Crippen LogP) is 2.68. The summed E-state index contributed by atoms with van der Waals surface area (Å²) in [6.07, 6.45) is 0.161. The van der Waals surface area contributed by atoms with Gasteiger partial charge in [-0.3, -0.25) is 14.5 Å². The molecule has 1 unspecified atom stereocenters. The summed E-state index contributed by atoms with van der Waals surface area (Å²) in [6, 6.07) is 13.1. The molecule has 1 N–H and O–H groups in total. The second-order valence-corrected chi connectivity index (χ2v) is 9.37. The minimum atomic E-state index is -1.50. The maximum Gasteiger partial charge on any atom is 0.355 e. The Bertz CT molecular complexity index is 1020. The molecule has 7 nitrogen and oxygen atoms in total. The first-order valence-corrected chi connectivity index (χ1v) is 11.6. The number of amides is 2. The van der Waals surface area contributed by atoms with Gasteiger partial charge >= 0.3 is 5.97 Å². The first kappa shape index (κ1) is 21.6. The molecule has 31 heavy (non-hydrogen) atoms. The standard InChI is InChI=1S/C22H22N2O5S2/c1-14-13-31-21-22(28-2,23-17(25)11-16-9-6-10-30-16)20(27)24(21)18(14)19(26)29-12-15-7-4-3-5-8-15/h3-10,21H,11-13H2,1-2H3,(H,23,25)/t21-,22?/m1/s1. The molecule has 9 heteroatoms. The number of fused-ring (bicyclic) bond motifs is 1. The van der Waals surface area contributed by atoms with Gasteiger partial charge in [-0.1, -0.05) is 36.4 Å². The molecule has 0 radical (unpaired) electrons. The van der Waals surface area contributed by atoms with E-state index in [1.54, 1.807) is 6.92 Å². The van der Waals surface area contributed by atoms with Crippen LogP contribution in [0.15, 0.2) is 59.1 Å². The average Bonchev–Trinajstić information content (AvgIpc) is 3.29. The summed E-state index contributed by atoms with van der Waals surface area (Å²) in [6.45, 7) is 1.92. The lowest BCUT2D eigenvalue weighted by atomic mass is 9.98. The quantitative estimate of drug-likeness (QED) is 0.390. The Morgan fingerprint density at radius 3 is 2.68 bits per heavy atom. The van der Waals surface area contributed by atoms with E-state index in [-0.39, 0.29) is 24.6 Å². The largest absolute Gasteiger partial charge is 0.456 e. The second kappa shape index (κ2) is 8.86. The summed E-state index contributed by atoms with van der Waals surface area (Å²) in [7, 11) is 1.39. The van der Waals surface area contributed by atoms with E-state index < -0.39 is 23.0 Å². The van der Waals surface area contributed by atoms with Gasteiger partial charge < -0.3 is 14.8 Å². The van der Waals surface area contributed by atoms with Gasteiger partial charge in [-0.25, -0.2) is 4.79 Å². The van der Waals surface area contributed by atoms with Crippen molar-refractivity contribution in [3.63, 3.8) is 0 Å². The number of nitrogens with one attached hydrogen (secondary N) is 1. The number of β-lactam (4-membered cyclic amide) rings is 1. The van der Waals surface area contributed by atoms with E-state index >= 15 is 0 Å².